The van der Waals surface area contributed by atoms with Gasteiger partial charge in [-0.2, -0.15) is 5.10 Å². The van der Waals surface area contributed by atoms with Gasteiger partial charge in [0.1, 0.15) is 17.9 Å². The number of amides is 1. The zero-order chi connectivity index (χ0) is 29.6. The third kappa shape index (κ3) is 6.37. The number of methoxy groups -OCH3 is 2. The van der Waals surface area contributed by atoms with Gasteiger partial charge in [0.15, 0.2) is 0 Å². The van der Waals surface area contributed by atoms with Gasteiger partial charge in [-0.1, -0.05) is 12.6 Å². The molecule has 4 aromatic rings. The van der Waals surface area contributed by atoms with E-state index in [1.807, 2.05) is 48.3 Å². The standard InChI is InChI=1S/C31H38N8O3/c1-6-31(40)36-25-16-26(29(42-5)18-28(25)37(2)23-9-11-39(12-10-23)13-14-41-4)35-30-17-24(32-20-33-30)21-7-8-27-22(15-21)19-34-38(27)3/h6-8,15-20,23H,1,9-14H2,2-5H3,(H,36,40)(H,32,33,35). The molecule has 0 radical (unpaired) electrons. The van der Waals surface area contributed by atoms with Gasteiger partial charge in [-0.05, 0) is 37.1 Å². The van der Waals surface area contributed by atoms with E-state index in [-0.39, 0.29) is 5.91 Å². The number of carbonyl (C=O) groups is 1. The maximum atomic E-state index is 12.5. The van der Waals surface area contributed by atoms with Gasteiger partial charge in [0.25, 0.3) is 0 Å². The molecule has 3 heterocycles. The van der Waals surface area contributed by atoms with Crippen molar-refractivity contribution in [3.8, 4) is 17.0 Å². The van der Waals surface area contributed by atoms with E-state index < -0.39 is 0 Å². The van der Waals surface area contributed by atoms with Gasteiger partial charge >= 0.3 is 0 Å². The monoisotopic (exact) mass is 570 g/mol. The van der Waals surface area contributed by atoms with Crippen molar-refractivity contribution in [3.05, 3.63) is 61.6 Å². The Morgan fingerprint density at radius 2 is 1.95 bits per heavy atom. The second kappa shape index (κ2) is 13.0. The molecular weight excluding hydrogens is 532 g/mol. The SMILES string of the molecule is C=CC(=O)Nc1cc(Nc2cc(-c3ccc4c(cnn4C)c3)ncn2)c(OC)cc1N(C)C1CCN(CCOC)CC1. The molecule has 1 saturated heterocycles. The van der Waals surface area contributed by atoms with E-state index >= 15 is 0 Å². The molecule has 1 aliphatic heterocycles. The number of anilines is 4. The van der Waals surface area contributed by atoms with Crippen LogP contribution in [0.4, 0.5) is 22.9 Å². The van der Waals surface area contributed by atoms with Crippen LogP contribution >= 0.6 is 0 Å². The van der Waals surface area contributed by atoms with E-state index in [2.05, 4.69) is 55.2 Å². The van der Waals surface area contributed by atoms with Crippen molar-refractivity contribution in [2.45, 2.75) is 18.9 Å². The van der Waals surface area contributed by atoms with Crippen molar-refractivity contribution in [2.75, 3.05) is 63.0 Å². The van der Waals surface area contributed by atoms with Gasteiger partial charge in [0, 0.05) is 70.0 Å². The molecule has 11 heteroatoms. The predicted octanol–water partition coefficient (Wildman–Crippen LogP) is 4.45. The molecule has 0 spiro atoms. The molecule has 0 unspecified atom stereocenters. The number of hydrogen-bond acceptors (Lipinski definition) is 9. The first-order chi connectivity index (χ1) is 20.4. The number of fused-ring (bicyclic) bond motifs is 1. The Hall–Kier alpha value is -4.48. The molecule has 0 aliphatic carbocycles. The minimum absolute atomic E-state index is 0.287. The van der Waals surface area contributed by atoms with Crippen molar-refractivity contribution in [3.63, 3.8) is 0 Å². The summed E-state index contributed by atoms with van der Waals surface area (Å²) in [5, 5.41) is 11.7. The topological polar surface area (TPSA) is 110 Å². The van der Waals surface area contributed by atoms with Gasteiger partial charge in [-0.25, -0.2) is 9.97 Å². The van der Waals surface area contributed by atoms with Crippen molar-refractivity contribution in [1.82, 2.24) is 24.6 Å². The molecular formula is C31H38N8O3. The molecule has 0 saturated carbocycles. The number of nitrogens with one attached hydrogen (secondary N) is 2. The number of nitrogens with zero attached hydrogens (tertiary/aromatic N) is 6. The van der Waals surface area contributed by atoms with Crippen molar-refractivity contribution >= 4 is 39.7 Å². The largest absolute Gasteiger partial charge is 0.494 e. The Morgan fingerprint density at radius 3 is 2.69 bits per heavy atom. The number of benzene rings is 2. The Bertz CT molecular complexity index is 1560. The van der Waals surface area contributed by atoms with E-state index in [0.717, 1.165) is 66.9 Å². The summed E-state index contributed by atoms with van der Waals surface area (Å²) in [5.41, 5.74) is 4.96. The number of rotatable bonds is 11. The molecule has 2 aromatic heterocycles. The number of aromatic nitrogens is 4. The summed E-state index contributed by atoms with van der Waals surface area (Å²) in [4.78, 5) is 26.0. The Labute approximate surface area is 246 Å². The summed E-state index contributed by atoms with van der Waals surface area (Å²) < 4.78 is 12.9. The lowest BCUT2D eigenvalue weighted by molar-refractivity contribution is -0.111. The average molecular weight is 571 g/mol. The highest BCUT2D eigenvalue weighted by atomic mass is 16.5. The Balaban J connectivity index is 1.41. The van der Waals surface area contributed by atoms with Crippen LogP contribution < -0.4 is 20.3 Å². The summed E-state index contributed by atoms with van der Waals surface area (Å²) in [7, 11) is 7.35. The van der Waals surface area contributed by atoms with E-state index in [1.54, 1.807) is 14.2 Å². The zero-order valence-corrected chi connectivity index (χ0v) is 24.6. The van der Waals surface area contributed by atoms with Crippen LogP contribution in [0.1, 0.15) is 12.8 Å². The summed E-state index contributed by atoms with van der Waals surface area (Å²) in [6.45, 7) is 7.29. The predicted molar refractivity (Wildman–Crippen MR) is 167 cm³/mol. The molecule has 2 N–H and O–H groups in total. The molecule has 220 valence electrons. The number of aryl methyl sites for hydroxylation is 1. The second-order valence-corrected chi connectivity index (χ2v) is 10.4. The van der Waals surface area contributed by atoms with Gasteiger partial charge in [0.2, 0.25) is 5.91 Å². The van der Waals surface area contributed by atoms with Gasteiger partial charge in [0.05, 0.1) is 48.2 Å². The summed E-state index contributed by atoms with van der Waals surface area (Å²) >= 11 is 0. The van der Waals surface area contributed by atoms with Crippen LogP contribution in [-0.2, 0) is 16.6 Å². The van der Waals surface area contributed by atoms with E-state index in [0.29, 0.717) is 29.0 Å². The summed E-state index contributed by atoms with van der Waals surface area (Å²) in [6, 6.07) is 12.1. The Kier molecular flexibility index (Phi) is 8.99. The maximum Gasteiger partial charge on any atom is 0.247 e. The number of hydrogen-bond donors (Lipinski definition) is 2. The fraction of sp³-hybridized carbons (Fsp3) is 0.355. The van der Waals surface area contributed by atoms with Crippen LogP contribution in [-0.4, -0.2) is 84.1 Å². The van der Waals surface area contributed by atoms with Crippen molar-refractivity contribution in [1.29, 1.82) is 0 Å². The van der Waals surface area contributed by atoms with Crippen LogP contribution in [0, 0.1) is 0 Å². The maximum absolute atomic E-state index is 12.5. The lowest BCUT2D eigenvalue weighted by Crippen LogP contribution is -2.44. The number of piperidine rings is 1. The van der Waals surface area contributed by atoms with E-state index in [9.17, 15) is 4.79 Å². The highest BCUT2D eigenvalue weighted by Crippen LogP contribution is 2.40. The molecule has 5 rings (SSSR count). The lowest BCUT2D eigenvalue weighted by Gasteiger charge is -2.38. The third-order valence-corrected chi connectivity index (χ3v) is 7.83. The second-order valence-electron chi connectivity index (χ2n) is 10.4. The minimum Gasteiger partial charge on any atom is -0.494 e. The molecule has 1 fully saturated rings. The molecule has 11 nitrogen and oxygen atoms in total. The quantitative estimate of drug-likeness (QED) is 0.253. The van der Waals surface area contributed by atoms with Crippen LogP contribution in [0.3, 0.4) is 0 Å². The number of ether oxygens (including phenoxy) is 2. The fourth-order valence-corrected chi connectivity index (χ4v) is 5.40. The van der Waals surface area contributed by atoms with Crippen LogP contribution in [0.15, 0.2) is 61.6 Å². The summed E-state index contributed by atoms with van der Waals surface area (Å²) in [5.74, 6) is 0.934. The first kappa shape index (κ1) is 29.0. The zero-order valence-electron chi connectivity index (χ0n) is 24.6. The number of likely N-dealkylation sites (tertiary alicyclic amines) is 1. The molecule has 0 bridgehead atoms. The van der Waals surface area contributed by atoms with Gasteiger partial charge in [-0.3, -0.25) is 9.48 Å². The van der Waals surface area contributed by atoms with Crippen LogP contribution in [0.2, 0.25) is 0 Å². The van der Waals surface area contributed by atoms with E-state index in [4.69, 9.17) is 9.47 Å². The summed E-state index contributed by atoms with van der Waals surface area (Å²) in [6.07, 6.45) is 6.65. The molecule has 1 aliphatic rings. The Morgan fingerprint density at radius 1 is 1.14 bits per heavy atom. The van der Waals surface area contributed by atoms with Crippen molar-refractivity contribution < 1.29 is 14.3 Å². The number of carbonyl (C=O) groups excluding carboxylic acids is 1. The molecule has 0 atom stereocenters. The van der Waals surface area contributed by atoms with Gasteiger partial charge in [-0.15, -0.1) is 0 Å². The molecule has 42 heavy (non-hydrogen) atoms. The lowest BCUT2D eigenvalue weighted by atomic mass is 10.0. The highest BCUT2D eigenvalue weighted by Gasteiger charge is 2.25. The smallest absolute Gasteiger partial charge is 0.247 e. The molecule has 2 aromatic carbocycles. The first-order valence-electron chi connectivity index (χ1n) is 14.0. The highest BCUT2D eigenvalue weighted by molar-refractivity contribution is 6.02. The van der Waals surface area contributed by atoms with E-state index in [1.165, 1.54) is 12.4 Å². The van der Waals surface area contributed by atoms with Gasteiger partial charge < -0.3 is 29.9 Å². The first-order valence-corrected chi connectivity index (χ1v) is 14.0. The average Bonchev–Trinajstić information content (AvgIpc) is 3.39. The molecule has 1 amide bonds. The van der Waals surface area contributed by atoms with Crippen molar-refractivity contribution in [2.24, 2.45) is 7.05 Å². The minimum atomic E-state index is -0.287. The normalized spacial score (nSPS) is 14.1. The fourth-order valence-electron chi connectivity index (χ4n) is 5.40. The van der Waals surface area contributed by atoms with Crippen LogP contribution in [0.25, 0.3) is 22.2 Å². The third-order valence-electron chi connectivity index (χ3n) is 7.83. The van der Waals surface area contributed by atoms with Crippen LogP contribution in [0.5, 0.6) is 5.75 Å².